The van der Waals surface area contributed by atoms with Crippen molar-refractivity contribution in [1.29, 1.82) is 0 Å². The monoisotopic (exact) mass is 519 g/mol. The predicted molar refractivity (Wildman–Crippen MR) is 153 cm³/mol. The van der Waals surface area contributed by atoms with Gasteiger partial charge in [0.15, 0.2) is 17.0 Å². The van der Waals surface area contributed by atoms with Gasteiger partial charge in [-0.25, -0.2) is 9.99 Å². The van der Waals surface area contributed by atoms with Crippen LogP contribution < -0.4 is 10.7 Å². The number of fused-ring (bicyclic) bond motifs is 1. The summed E-state index contributed by atoms with van der Waals surface area (Å²) < 4.78 is 2.20. The highest BCUT2D eigenvalue weighted by atomic mass is 35.5. The molecule has 0 atom stereocenters. The molecule has 8 heteroatoms. The summed E-state index contributed by atoms with van der Waals surface area (Å²) >= 11 is 6.25. The van der Waals surface area contributed by atoms with E-state index in [4.69, 9.17) is 11.6 Å². The van der Waals surface area contributed by atoms with Crippen LogP contribution in [0.4, 0.5) is 5.82 Å². The Morgan fingerprint density at radius 2 is 1.56 bits per heavy atom. The number of imidazole rings is 1. The molecule has 0 spiro atoms. The van der Waals surface area contributed by atoms with E-state index < -0.39 is 0 Å². The molecule has 7 nitrogen and oxygen atoms in total. The molecule has 2 aromatic heterocycles. The summed E-state index contributed by atoms with van der Waals surface area (Å²) in [5, 5.41) is 5.95. The van der Waals surface area contributed by atoms with Crippen LogP contribution in [0.2, 0.25) is 5.28 Å². The third-order valence-corrected chi connectivity index (χ3v) is 7.79. The number of nitrogens with one attached hydrogen (secondary N) is 2. The smallest absolute Gasteiger partial charge is 0.226 e. The highest BCUT2D eigenvalue weighted by Crippen LogP contribution is 2.33. The predicted octanol–water partition coefficient (Wildman–Crippen LogP) is 7.39. The Morgan fingerprint density at radius 3 is 2.19 bits per heavy atom. The first kappa shape index (κ1) is 29.1. The van der Waals surface area contributed by atoms with E-state index in [9.17, 15) is 0 Å². The molecule has 204 valence electrons. The second-order valence-corrected chi connectivity index (χ2v) is 10.9. The summed E-state index contributed by atoms with van der Waals surface area (Å²) in [6.07, 6.45) is 20.0. The van der Waals surface area contributed by atoms with Crippen LogP contribution in [0.3, 0.4) is 0 Å². The van der Waals surface area contributed by atoms with E-state index in [2.05, 4.69) is 56.0 Å². The largest absolute Gasteiger partial charge is 0.317 e. The molecule has 2 aromatic rings. The van der Waals surface area contributed by atoms with Crippen molar-refractivity contribution < 1.29 is 0 Å². The van der Waals surface area contributed by atoms with Gasteiger partial charge in [0.05, 0.1) is 6.33 Å². The topological polar surface area (TPSA) is 70.9 Å². The Morgan fingerprint density at radius 1 is 0.889 bits per heavy atom. The van der Waals surface area contributed by atoms with Crippen LogP contribution in [-0.4, -0.2) is 50.7 Å². The second-order valence-electron chi connectivity index (χ2n) is 10.6. The normalized spacial score (nSPS) is 17.4. The number of aromatic nitrogens is 4. The fourth-order valence-corrected chi connectivity index (χ4v) is 5.48. The number of halogens is 1. The van der Waals surface area contributed by atoms with Crippen LogP contribution in [0, 0.1) is 5.92 Å². The van der Waals surface area contributed by atoms with Crippen LogP contribution in [0.25, 0.3) is 11.2 Å². The molecule has 0 amide bonds. The Kier molecular flexibility index (Phi) is 13.3. The Balaban J connectivity index is 0.000000345. The summed E-state index contributed by atoms with van der Waals surface area (Å²) in [5.41, 5.74) is 5.17. The summed E-state index contributed by atoms with van der Waals surface area (Å²) in [4.78, 5) is 13.5. The van der Waals surface area contributed by atoms with Gasteiger partial charge in [0.1, 0.15) is 0 Å². The van der Waals surface area contributed by atoms with Crippen molar-refractivity contribution in [2.24, 2.45) is 5.92 Å². The number of hydrazine groups is 1. The lowest BCUT2D eigenvalue weighted by atomic mass is 9.92. The first-order valence-corrected chi connectivity index (χ1v) is 15.2. The minimum atomic E-state index is 0.291. The number of hydrogen-bond acceptors (Lipinski definition) is 6. The minimum absolute atomic E-state index is 0.291. The second kappa shape index (κ2) is 16.4. The molecule has 1 aliphatic carbocycles. The van der Waals surface area contributed by atoms with Crippen molar-refractivity contribution in [3.8, 4) is 0 Å². The molecule has 2 fully saturated rings. The van der Waals surface area contributed by atoms with Crippen molar-refractivity contribution >= 4 is 28.6 Å². The van der Waals surface area contributed by atoms with Crippen molar-refractivity contribution in [3.63, 3.8) is 0 Å². The zero-order valence-corrected chi connectivity index (χ0v) is 23.8. The van der Waals surface area contributed by atoms with E-state index in [0.29, 0.717) is 11.3 Å². The molecule has 2 aliphatic rings. The minimum Gasteiger partial charge on any atom is -0.317 e. The molecule has 0 unspecified atom stereocenters. The Hall–Kier alpha value is -1.44. The molecule has 2 N–H and O–H groups in total. The number of rotatable bonds is 13. The summed E-state index contributed by atoms with van der Waals surface area (Å²) in [6.45, 7) is 11.2. The summed E-state index contributed by atoms with van der Waals surface area (Å²) in [5.74, 6) is 1.61. The quantitative estimate of drug-likeness (QED) is 0.212. The molecule has 1 aliphatic heterocycles. The maximum atomic E-state index is 6.25. The van der Waals surface area contributed by atoms with Gasteiger partial charge in [-0.05, 0) is 69.1 Å². The standard InChI is InChI=1S/C20H31ClN6.C8H19N/c1-2-3-4-7-15-10-12-26(13-11-15)25-18-17-19(24-20(21)23-18)27(14-22-17)16-8-5-6-9-16;1-3-5-7-9-8-6-4-2/h14-16H,2-13H2,1H3,(H,23,24,25);9H,3-8H2,1-2H3. The van der Waals surface area contributed by atoms with E-state index in [1.807, 2.05) is 6.33 Å². The van der Waals surface area contributed by atoms with Gasteiger partial charge in [-0.3, -0.25) is 0 Å². The number of unbranched alkanes of at least 4 members (excludes halogenated alkanes) is 4. The zero-order chi connectivity index (χ0) is 25.6. The molecule has 36 heavy (non-hydrogen) atoms. The summed E-state index contributed by atoms with van der Waals surface area (Å²) in [6, 6.07) is 0.493. The molecule has 0 aromatic carbocycles. The van der Waals surface area contributed by atoms with Gasteiger partial charge in [-0.15, -0.1) is 0 Å². The van der Waals surface area contributed by atoms with Gasteiger partial charge < -0.3 is 15.3 Å². The van der Waals surface area contributed by atoms with Gasteiger partial charge in [-0.2, -0.15) is 9.97 Å². The van der Waals surface area contributed by atoms with Crippen LogP contribution in [0.1, 0.15) is 117 Å². The maximum Gasteiger partial charge on any atom is 0.226 e. The third kappa shape index (κ3) is 9.14. The number of hydrogen-bond donors (Lipinski definition) is 2. The fourth-order valence-electron chi connectivity index (χ4n) is 5.31. The molecule has 0 bridgehead atoms. The van der Waals surface area contributed by atoms with Crippen molar-refractivity contribution in [2.45, 2.75) is 117 Å². The lowest BCUT2D eigenvalue weighted by Crippen LogP contribution is -2.38. The first-order chi connectivity index (χ1) is 17.7. The van der Waals surface area contributed by atoms with Gasteiger partial charge in [0, 0.05) is 19.1 Å². The molecule has 1 saturated carbocycles. The molecular formula is C28H50ClN7. The highest BCUT2D eigenvalue weighted by molar-refractivity contribution is 6.28. The highest BCUT2D eigenvalue weighted by Gasteiger charge is 2.24. The number of anilines is 1. The van der Waals surface area contributed by atoms with E-state index in [1.54, 1.807) is 0 Å². The number of nitrogens with zero attached hydrogens (tertiary/aromatic N) is 5. The third-order valence-electron chi connectivity index (χ3n) is 7.62. The molecule has 3 heterocycles. The van der Waals surface area contributed by atoms with Crippen LogP contribution >= 0.6 is 11.6 Å². The number of piperidine rings is 1. The van der Waals surface area contributed by atoms with Crippen molar-refractivity contribution in [3.05, 3.63) is 11.6 Å². The molecular weight excluding hydrogens is 470 g/mol. The van der Waals surface area contributed by atoms with Crippen molar-refractivity contribution in [2.75, 3.05) is 31.6 Å². The van der Waals surface area contributed by atoms with E-state index >= 15 is 0 Å². The van der Waals surface area contributed by atoms with Crippen molar-refractivity contribution in [1.82, 2.24) is 29.8 Å². The molecule has 4 rings (SSSR count). The maximum absolute atomic E-state index is 6.25. The van der Waals surface area contributed by atoms with E-state index in [1.165, 1.54) is 103 Å². The van der Waals surface area contributed by atoms with Gasteiger partial charge in [0.2, 0.25) is 5.28 Å². The van der Waals surface area contributed by atoms with Gasteiger partial charge in [0.25, 0.3) is 0 Å². The SMILES string of the molecule is CCCCCC1CCN(Nc2nc(Cl)nc3c2ncn3C2CCCC2)CC1.CCCCNCCCC. The summed E-state index contributed by atoms with van der Waals surface area (Å²) in [7, 11) is 0. The molecule has 1 saturated heterocycles. The Labute approximate surface area is 224 Å². The fraction of sp³-hybridized carbons (Fsp3) is 0.821. The van der Waals surface area contributed by atoms with Gasteiger partial charge in [-0.1, -0.05) is 72.1 Å². The van der Waals surface area contributed by atoms with E-state index in [-0.39, 0.29) is 0 Å². The average Bonchev–Trinajstić information content (AvgIpc) is 3.56. The van der Waals surface area contributed by atoms with Crippen LogP contribution in [-0.2, 0) is 0 Å². The average molecular weight is 520 g/mol. The lowest BCUT2D eigenvalue weighted by Gasteiger charge is -2.32. The first-order valence-electron chi connectivity index (χ1n) is 14.8. The Bertz CT molecular complexity index is 851. The van der Waals surface area contributed by atoms with Gasteiger partial charge >= 0.3 is 0 Å². The van der Waals surface area contributed by atoms with Crippen LogP contribution in [0.15, 0.2) is 6.33 Å². The lowest BCUT2D eigenvalue weighted by molar-refractivity contribution is 0.207. The molecule has 0 radical (unpaired) electrons. The van der Waals surface area contributed by atoms with Crippen LogP contribution in [0.5, 0.6) is 0 Å². The zero-order valence-electron chi connectivity index (χ0n) is 23.1. The van der Waals surface area contributed by atoms with E-state index in [0.717, 1.165) is 36.0 Å².